The lowest BCUT2D eigenvalue weighted by molar-refractivity contribution is -0.376. The van der Waals surface area contributed by atoms with Crippen LogP contribution < -0.4 is 10.6 Å². The molecule has 2 heterocycles. The highest BCUT2D eigenvalue weighted by Gasteiger charge is 2.71. The number of halogens is 6. The number of carbonyl (C=O) groups excluding carboxylic acids is 1. The first-order valence-electron chi connectivity index (χ1n) is 8.52. The number of aromatic amines is 1. The number of nitrogens with zero attached hydrogens (tertiary/aromatic N) is 2. The van der Waals surface area contributed by atoms with E-state index in [-0.39, 0.29) is 11.3 Å². The van der Waals surface area contributed by atoms with Crippen LogP contribution in [0, 0.1) is 0 Å². The Bertz CT molecular complexity index is 1180. The molecule has 0 bridgehead atoms. The van der Waals surface area contributed by atoms with Crippen LogP contribution in [0.4, 0.5) is 37.7 Å². The standard InChI is InChI=1S/C18H11F6N5O2/c19-17(20,21)16(31,18(22,23)24)8-1-3-9(4-2-8)25-7-10-13-11(26-15(10)30)5-6-12-14(13)28-29-27-12/h1-7,25,31H,(H,26,30)(H,27,28,29). The molecule has 7 nitrogen and oxygen atoms in total. The van der Waals surface area contributed by atoms with E-state index in [2.05, 4.69) is 26.0 Å². The summed E-state index contributed by atoms with van der Waals surface area (Å²) >= 11 is 0. The zero-order chi connectivity index (χ0) is 22.6. The minimum absolute atomic E-state index is 0.0825. The van der Waals surface area contributed by atoms with Gasteiger partial charge in [-0.25, -0.2) is 0 Å². The molecule has 4 N–H and O–H groups in total. The fourth-order valence-electron chi connectivity index (χ4n) is 3.19. The molecule has 31 heavy (non-hydrogen) atoms. The van der Waals surface area contributed by atoms with Gasteiger partial charge in [0.25, 0.3) is 11.5 Å². The largest absolute Gasteiger partial charge is 0.430 e. The first-order chi connectivity index (χ1) is 14.4. The van der Waals surface area contributed by atoms with Crippen LogP contribution in [-0.2, 0) is 10.4 Å². The number of benzene rings is 2. The number of amides is 1. The molecule has 1 aliphatic rings. The molecule has 0 spiro atoms. The van der Waals surface area contributed by atoms with E-state index in [1.165, 1.54) is 6.20 Å². The van der Waals surface area contributed by atoms with Crippen LogP contribution in [0.5, 0.6) is 0 Å². The van der Waals surface area contributed by atoms with Gasteiger partial charge in [-0.2, -0.15) is 26.3 Å². The first-order valence-corrected chi connectivity index (χ1v) is 8.52. The number of alkyl halides is 6. The van der Waals surface area contributed by atoms with E-state index in [1.807, 2.05) is 0 Å². The molecule has 4 rings (SSSR count). The average molecular weight is 443 g/mol. The molecule has 1 aliphatic heterocycles. The summed E-state index contributed by atoms with van der Waals surface area (Å²) in [5.41, 5.74) is -4.27. The summed E-state index contributed by atoms with van der Waals surface area (Å²) in [5, 5.41) is 24.9. The van der Waals surface area contributed by atoms with Crippen molar-refractivity contribution in [3.8, 4) is 0 Å². The minimum Gasteiger partial charge on any atom is -0.369 e. The summed E-state index contributed by atoms with van der Waals surface area (Å²) in [6.07, 6.45) is -10.7. The van der Waals surface area contributed by atoms with Crippen LogP contribution in [0.25, 0.3) is 16.6 Å². The molecule has 1 amide bonds. The summed E-state index contributed by atoms with van der Waals surface area (Å²) in [7, 11) is 0. The van der Waals surface area contributed by atoms with Crippen LogP contribution >= 0.6 is 0 Å². The molecule has 0 saturated carbocycles. The van der Waals surface area contributed by atoms with Gasteiger partial charge in [0.1, 0.15) is 5.52 Å². The molecule has 0 aliphatic carbocycles. The van der Waals surface area contributed by atoms with Crippen molar-refractivity contribution in [1.82, 2.24) is 15.4 Å². The molecule has 2 aromatic carbocycles. The second-order valence-electron chi connectivity index (χ2n) is 6.63. The van der Waals surface area contributed by atoms with Crippen LogP contribution in [-0.4, -0.2) is 38.8 Å². The van der Waals surface area contributed by atoms with Crippen LogP contribution in [0.1, 0.15) is 11.1 Å². The smallest absolute Gasteiger partial charge is 0.369 e. The Morgan fingerprint density at radius 3 is 2.23 bits per heavy atom. The average Bonchev–Trinajstić information content (AvgIpc) is 3.27. The number of H-pyrrole nitrogens is 1. The molecule has 3 aromatic rings. The lowest BCUT2D eigenvalue weighted by Gasteiger charge is -2.32. The number of anilines is 2. The van der Waals surface area contributed by atoms with Crippen molar-refractivity contribution in [3.05, 3.63) is 53.7 Å². The van der Waals surface area contributed by atoms with Crippen molar-refractivity contribution < 1.29 is 36.2 Å². The van der Waals surface area contributed by atoms with E-state index in [4.69, 9.17) is 0 Å². The highest BCUT2D eigenvalue weighted by atomic mass is 19.4. The second-order valence-corrected chi connectivity index (χ2v) is 6.63. The maximum absolute atomic E-state index is 13.0. The number of aromatic nitrogens is 3. The van der Waals surface area contributed by atoms with Crippen molar-refractivity contribution in [2.45, 2.75) is 18.0 Å². The quantitative estimate of drug-likeness (QED) is 0.366. The Hall–Kier alpha value is -3.61. The molecule has 162 valence electrons. The van der Waals surface area contributed by atoms with E-state index in [0.717, 1.165) is 12.1 Å². The number of aliphatic hydroxyl groups is 1. The van der Waals surface area contributed by atoms with Crippen LogP contribution in [0.3, 0.4) is 0 Å². The van der Waals surface area contributed by atoms with Gasteiger partial charge in [-0.15, -0.1) is 5.10 Å². The fourth-order valence-corrected chi connectivity index (χ4v) is 3.19. The maximum atomic E-state index is 13.0. The molecule has 0 radical (unpaired) electrons. The number of hydrogen-bond donors (Lipinski definition) is 4. The van der Waals surface area contributed by atoms with Crippen molar-refractivity contribution >= 4 is 33.9 Å². The van der Waals surface area contributed by atoms with Gasteiger partial charge in [0, 0.05) is 23.0 Å². The fraction of sp³-hybridized carbons (Fsp3) is 0.167. The number of nitrogens with one attached hydrogen (secondary N) is 3. The molecule has 0 atom stereocenters. The highest BCUT2D eigenvalue weighted by Crippen LogP contribution is 2.50. The predicted molar refractivity (Wildman–Crippen MR) is 96.6 cm³/mol. The minimum atomic E-state index is -5.97. The molecule has 0 fully saturated rings. The molecule has 1 aromatic heterocycles. The third-order valence-corrected chi connectivity index (χ3v) is 4.77. The summed E-state index contributed by atoms with van der Waals surface area (Å²) in [6.45, 7) is 0. The number of carbonyl (C=O) groups is 1. The van der Waals surface area contributed by atoms with Gasteiger partial charge in [-0.05, 0) is 24.3 Å². The zero-order valence-electron chi connectivity index (χ0n) is 15.1. The molecular formula is C18H11F6N5O2. The van der Waals surface area contributed by atoms with Gasteiger partial charge < -0.3 is 15.7 Å². The number of fused-ring (bicyclic) bond motifs is 3. The predicted octanol–water partition coefficient (Wildman–Crippen LogP) is 3.68. The number of hydrogen-bond acceptors (Lipinski definition) is 5. The summed E-state index contributed by atoms with van der Waals surface area (Å²) in [5.74, 6) is -0.482. The SMILES string of the molecule is O=C1Nc2ccc3nn[nH]c3c2C1=CNc1ccc(C(O)(C(F)(F)F)C(F)(F)F)cc1. The van der Waals surface area contributed by atoms with E-state index < -0.39 is 29.4 Å². The van der Waals surface area contributed by atoms with Gasteiger partial charge in [0.05, 0.1) is 16.8 Å². The van der Waals surface area contributed by atoms with Crippen LogP contribution in [0.15, 0.2) is 42.6 Å². The van der Waals surface area contributed by atoms with E-state index in [1.54, 1.807) is 12.1 Å². The first kappa shape index (κ1) is 20.7. The number of rotatable bonds is 3. The van der Waals surface area contributed by atoms with Crippen LogP contribution in [0.2, 0.25) is 0 Å². The summed E-state index contributed by atoms with van der Waals surface area (Å²) in [4.78, 5) is 12.3. The zero-order valence-corrected chi connectivity index (χ0v) is 15.1. The Morgan fingerprint density at radius 2 is 1.61 bits per heavy atom. The monoisotopic (exact) mass is 443 g/mol. The third kappa shape index (κ3) is 3.17. The van der Waals surface area contributed by atoms with Gasteiger partial charge in [-0.1, -0.05) is 17.3 Å². The van der Waals surface area contributed by atoms with Crippen molar-refractivity contribution in [3.63, 3.8) is 0 Å². The highest BCUT2D eigenvalue weighted by molar-refractivity contribution is 6.34. The van der Waals surface area contributed by atoms with Gasteiger partial charge in [0.2, 0.25) is 0 Å². The summed E-state index contributed by atoms with van der Waals surface area (Å²) < 4.78 is 77.8. The van der Waals surface area contributed by atoms with Gasteiger partial charge >= 0.3 is 12.4 Å². The van der Waals surface area contributed by atoms with Crippen molar-refractivity contribution in [1.29, 1.82) is 0 Å². The van der Waals surface area contributed by atoms with Gasteiger partial charge in [0.15, 0.2) is 0 Å². The Morgan fingerprint density at radius 1 is 0.968 bits per heavy atom. The van der Waals surface area contributed by atoms with E-state index >= 15 is 0 Å². The molecule has 13 heteroatoms. The Labute approximate surface area is 168 Å². The maximum Gasteiger partial charge on any atom is 0.430 e. The second kappa shape index (κ2) is 6.70. The Balaban J connectivity index is 1.65. The lowest BCUT2D eigenvalue weighted by Crippen LogP contribution is -2.53. The molecule has 0 saturated heterocycles. The van der Waals surface area contributed by atoms with E-state index in [9.17, 15) is 36.2 Å². The molecular weight excluding hydrogens is 432 g/mol. The topological polar surface area (TPSA) is 103 Å². The van der Waals surface area contributed by atoms with Crippen molar-refractivity contribution in [2.75, 3.05) is 10.6 Å². The normalized spacial score (nSPS) is 16.0. The molecule has 0 unspecified atom stereocenters. The Kier molecular flexibility index (Phi) is 4.46. The lowest BCUT2D eigenvalue weighted by atomic mass is 9.92. The third-order valence-electron chi connectivity index (χ3n) is 4.77. The van der Waals surface area contributed by atoms with Crippen molar-refractivity contribution in [2.24, 2.45) is 0 Å². The van der Waals surface area contributed by atoms with Gasteiger partial charge in [-0.3, -0.25) is 9.89 Å². The summed E-state index contributed by atoms with van der Waals surface area (Å²) in [6, 6.07) is 6.09. The van der Waals surface area contributed by atoms with E-state index in [0.29, 0.717) is 34.4 Å².